The van der Waals surface area contributed by atoms with Crippen LogP contribution in [0, 0.1) is 5.92 Å². The third kappa shape index (κ3) is 5.23. The van der Waals surface area contributed by atoms with Crippen LogP contribution in [0.5, 0.6) is 0 Å². The van der Waals surface area contributed by atoms with E-state index in [0.717, 1.165) is 26.6 Å². The Balaban J connectivity index is 2.57. The van der Waals surface area contributed by atoms with Crippen LogP contribution in [0.4, 0.5) is 4.79 Å². The van der Waals surface area contributed by atoms with E-state index in [4.69, 9.17) is 5.73 Å². The Bertz CT molecular complexity index is 415. The first-order chi connectivity index (χ1) is 9.39. The minimum absolute atomic E-state index is 0.351. The third-order valence-electron chi connectivity index (χ3n) is 3.26. The summed E-state index contributed by atoms with van der Waals surface area (Å²) in [6.07, 6.45) is -0.248. The maximum absolute atomic E-state index is 12.0. The molecule has 1 saturated heterocycles. The molecular weight excluding hydrogens is 284 g/mol. The zero-order chi connectivity index (χ0) is 15.2. The molecule has 0 aromatic carbocycles. The van der Waals surface area contributed by atoms with Gasteiger partial charge in [0.15, 0.2) is 0 Å². The van der Waals surface area contributed by atoms with Crippen LogP contribution in [-0.4, -0.2) is 70.1 Å². The number of carbonyl (C=O) groups excluding carboxylic acids is 1. The number of ether oxygens (including phenoxy) is 1. The molecular formula is C11H24N4O4S. The lowest BCUT2D eigenvalue weighted by Gasteiger charge is -2.23. The van der Waals surface area contributed by atoms with E-state index < -0.39 is 16.3 Å². The van der Waals surface area contributed by atoms with Crippen LogP contribution in [0.25, 0.3) is 0 Å². The van der Waals surface area contributed by atoms with Crippen molar-refractivity contribution in [3.05, 3.63) is 0 Å². The highest BCUT2D eigenvalue weighted by Gasteiger charge is 2.27. The van der Waals surface area contributed by atoms with Crippen LogP contribution in [-0.2, 0) is 14.9 Å². The summed E-state index contributed by atoms with van der Waals surface area (Å²) in [7, 11) is -2.69. The molecule has 3 N–H and O–H groups in total. The Morgan fingerprint density at radius 1 is 1.35 bits per heavy atom. The third-order valence-corrected chi connectivity index (χ3v) is 4.73. The summed E-state index contributed by atoms with van der Waals surface area (Å²) in [5.74, 6) is 0.381. The molecule has 1 heterocycles. The molecule has 1 aliphatic rings. The van der Waals surface area contributed by atoms with E-state index >= 15 is 0 Å². The largest absolute Gasteiger partial charge is 0.452 e. The van der Waals surface area contributed by atoms with Gasteiger partial charge in [0.25, 0.3) is 0 Å². The van der Waals surface area contributed by atoms with E-state index in [1.54, 1.807) is 0 Å². The smallest absolute Gasteiger partial charge is 0.421 e. The molecule has 0 spiro atoms. The number of hydrogen-bond acceptors (Lipinski definition) is 6. The lowest BCUT2D eigenvalue weighted by molar-refractivity contribution is 0.177. The average molecular weight is 308 g/mol. The molecule has 0 aliphatic carbocycles. The second kappa shape index (κ2) is 7.77. The predicted octanol–water partition coefficient (Wildman–Crippen LogP) is -0.810. The highest BCUT2D eigenvalue weighted by molar-refractivity contribution is 7.87. The van der Waals surface area contributed by atoms with Gasteiger partial charge >= 0.3 is 16.3 Å². The van der Waals surface area contributed by atoms with Gasteiger partial charge in [-0.15, -0.1) is 0 Å². The van der Waals surface area contributed by atoms with E-state index in [0.29, 0.717) is 32.1 Å². The molecule has 0 saturated carbocycles. The minimum atomic E-state index is -3.82. The Morgan fingerprint density at radius 3 is 2.65 bits per heavy atom. The fraction of sp³-hybridized carbons (Fsp3) is 0.909. The van der Waals surface area contributed by atoms with Crippen molar-refractivity contribution in [1.29, 1.82) is 0 Å². The van der Waals surface area contributed by atoms with Gasteiger partial charge in [-0.05, 0) is 25.4 Å². The molecule has 118 valence electrons. The molecule has 0 bridgehead atoms. The highest BCUT2D eigenvalue weighted by atomic mass is 32.2. The average Bonchev–Trinajstić information content (AvgIpc) is 2.64. The van der Waals surface area contributed by atoms with Crippen molar-refractivity contribution in [1.82, 2.24) is 13.9 Å². The van der Waals surface area contributed by atoms with Gasteiger partial charge in [0.05, 0.1) is 7.11 Å². The monoisotopic (exact) mass is 308 g/mol. The molecule has 1 aliphatic heterocycles. The fourth-order valence-electron chi connectivity index (χ4n) is 2.10. The number of methoxy groups -OCH3 is 1. The molecule has 9 heteroatoms. The van der Waals surface area contributed by atoms with Crippen LogP contribution in [0.2, 0.25) is 0 Å². The summed E-state index contributed by atoms with van der Waals surface area (Å²) in [6, 6.07) is 0. The van der Waals surface area contributed by atoms with E-state index in [1.807, 2.05) is 4.72 Å². The van der Waals surface area contributed by atoms with Gasteiger partial charge in [0.2, 0.25) is 0 Å². The Labute approximate surface area is 120 Å². The first-order valence-electron chi connectivity index (χ1n) is 6.67. The number of nitrogens with two attached hydrogens (primary N) is 1. The van der Waals surface area contributed by atoms with Crippen molar-refractivity contribution in [2.24, 2.45) is 11.7 Å². The highest BCUT2D eigenvalue weighted by Crippen LogP contribution is 2.09. The predicted molar refractivity (Wildman–Crippen MR) is 75.3 cm³/mol. The van der Waals surface area contributed by atoms with Gasteiger partial charge in [-0.3, -0.25) is 0 Å². The lowest BCUT2D eigenvalue weighted by Crippen LogP contribution is -2.45. The second-order valence-electron chi connectivity index (χ2n) is 4.99. The molecule has 1 fully saturated rings. The van der Waals surface area contributed by atoms with E-state index in [2.05, 4.69) is 16.6 Å². The zero-order valence-corrected chi connectivity index (χ0v) is 12.9. The number of amides is 1. The molecule has 20 heavy (non-hydrogen) atoms. The Morgan fingerprint density at radius 2 is 2.05 bits per heavy atom. The second-order valence-corrected chi connectivity index (χ2v) is 6.66. The van der Waals surface area contributed by atoms with E-state index in [-0.39, 0.29) is 0 Å². The number of rotatable bonds is 5. The Hall–Kier alpha value is -0.900. The van der Waals surface area contributed by atoms with Crippen LogP contribution < -0.4 is 10.5 Å². The summed E-state index contributed by atoms with van der Waals surface area (Å²) in [5, 5.41) is 0. The van der Waals surface area contributed by atoms with Gasteiger partial charge in [-0.1, -0.05) is 6.92 Å². The zero-order valence-electron chi connectivity index (χ0n) is 12.0. The summed E-state index contributed by atoms with van der Waals surface area (Å²) >= 11 is 0. The molecule has 0 radical (unpaired) electrons. The van der Waals surface area contributed by atoms with E-state index in [9.17, 15) is 13.2 Å². The quantitative estimate of drug-likeness (QED) is 0.688. The fourth-order valence-corrected chi connectivity index (χ4v) is 3.21. The summed E-state index contributed by atoms with van der Waals surface area (Å²) in [5.41, 5.74) is 5.60. The van der Waals surface area contributed by atoms with Crippen molar-refractivity contribution >= 4 is 16.3 Å². The Kier molecular flexibility index (Phi) is 6.66. The first-order valence-corrected chi connectivity index (χ1v) is 8.11. The normalized spacial score (nSPS) is 20.1. The SMILES string of the molecule is COC(=O)NS(=O)(=O)N1CCCN(CC(C)CN)CC1. The van der Waals surface area contributed by atoms with Crippen LogP contribution in [0.15, 0.2) is 0 Å². The van der Waals surface area contributed by atoms with Crippen molar-refractivity contribution in [2.75, 3.05) is 46.4 Å². The number of nitrogens with zero attached hydrogens (tertiary/aromatic N) is 2. The van der Waals surface area contributed by atoms with Gasteiger partial charge in [-0.2, -0.15) is 12.7 Å². The molecule has 0 aromatic heterocycles. The van der Waals surface area contributed by atoms with Crippen LogP contribution in [0.3, 0.4) is 0 Å². The van der Waals surface area contributed by atoms with Crippen molar-refractivity contribution in [3.8, 4) is 0 Å². The van der Waals surface area contributed by atoms with Crippen LogP contribution in [0.1, 0.15) is 13.3 Å². The molecule has 1 amide bonds. The van der Waals surface area contributed by atoms with E-state index in [1.165, 1.54) is 4.31 Å². The number of nitrogens with one attached hydrogen (secondary N) is 1. The standard InChI is InChI=1S/C11H24N4O4S/c1-10(8-12)9-14-4-3-5-15(7-6-14)20(17,18)13-11(16)19-2/h10H,3-9,12H2,1-2H3,(H,13,16). The summed E-state index contributed by atoms with van der Waals surface area (Å²) < 4.78 is 31.4. The van der Waals surface area contributed by atoms with Gasteiger partial charge in [-0.25, -0.2) is 9.52 Å². The van der Waals surface area contributed by atoms with Gasteiger partial charge < -0.3 is 15.4 Å². The van der Waals surface area contributed by atoms with Crippen molar-refractivity contribution in [2.45, 2.75) is 13.3 Å². The summed E-state index contributed by atoms with van der Waals surface area (Å²) in [4.78, 5) is 13.2. The molecule has 0 aromatic rings. The van der Waals surface area contributed by atoms with Crippen molar-refractivity contribution in [3.63, 3.8) is 0 Å². The minimum Gasteiger partial charge on any atom is -0.452 e. The lowest BCUT2D eigenvalue weighted by atomic mass is 10.1. The number of carbonyl (C=O) groups is 1. The molecule has 8 nitrogen and oxygen atoms in total. The maximum atomic E-state index is 12.0. The maximum Gasteiger partial charge on any atom is 0.421 e. The molecule has 1 atom stereocenters. The van der Waals surface area contributed by atoms with Gasteiger partial charge in [0, 0.05) is 26.2 Å². The molecule has 1 unspecified atom stereocenters. The van der Waals surface area contributed by atoms with Crippen LogP contribution >= 0.6 is 0 Å². The first kappa shape index (κ1) is 17.2. The molecule has 1 rings (SSSR count). The topological polar surface area (TPSA) is 105 Å². The number of hydrogen-bond donors (Lipinski definition) is 2. The van der Waals surface area contributed by atoms with Gasteiger partial charge in [0.1, 0.15) is 0 Å². The summed E-state index contributed by atoms with van der Waals surface area (Å²) in [6.45, 7) is 5.74. The van der Waals surface area contributed by atoms with Crippen molar-refractivity contribution < 1.29 is 17.9 Å².